The highest BCUT2D eigenvalue weighted by Gasteiger charge is 2.68. The van der Waals surface area contributed by atoms with Crippen molar-refractivity contribution >= 4 is 23.5 Å². The lowest BCUT2D eigenvalue weighted by atomic mass is 9.46. The van der Waals surface area contributed by atoms with Crippen molar-refractivity contribution in [1.29, 1.82) is 0 Å². The van der Waals surface area contributed by atoms with Crippen LogP contribution in [0.4, 0.5) is 4.79 Å². The molecule has 1 aromatic carbocycles. The smallest absolute Gasteiger partial charge is 0.426 e. The molecule has 0 aliphatic heterocycles. The number of carbonyl (C=O) groups excluding carboxylic acids is 4. The molecule has 1 aromatic rings. The molecule has 5 rings (SSSR count). The van der Waals surface area contributed by atoms with E-state index in [2.05, 4.69) is 6.92 Å². The van der Waals surface area contributed by atoms with Crippen molar-refractivity contribution in [3.63, 3.8) is 0 Å². The molecule has 6 atom stereocenters. The minimum absolute atomic E-state index is 0.00603. The van der Waals surface area contributed by atoms with Crippen molar-refractivity contribution in [2.75, 3.05) is 13.4 Å². The number of aliphatic hydroxyl groups is 1. The number of benzene rings is 1. The molecule has 0 aromatic heterocycles. The first-order chi connectivity index (χ1) is 18.1. The molecule has 8 nitrogen and oxygen atoms in total. The highest BCUT2D eigenvalue weighted by atomic mass is 16.8. The highest BCUT2D eigenvalue weighted by molar-refractivity contribution is 5.95. The van der Waals surface area contributed by atoms with Crippen LogP contribution in [0.5, 0.6) is 0 Å². The van der Waals surface area contributed by atoms with Gasteiger partial charge in [-0.15, -0.1) is 0 Å². The van der Waals surface area contributed by atoms with Gasteiger partial charge >= 0.3 is 6.16 Å². The third kappa shape index (κ3) is 4.41. The Morgan fingerprint density at radius 1 is 1.03 bits per heavy atom. The first-order valence-electron chi connectivity index (χ1n) is 13.5. The van der Waals surface area contributed by atoms with Gasteiger partial charge in [0, 0.05) is 24.2 Å². The van der Waals surface area contributed by atoms with E-state index in [9.17, 15) is 24.3 Å². The minimum Gasteiger partial charge on any atom is -0.426 e. The summed E-state index contributed by atoms with van der Waals surface area (Å²) in [7, 11) is 0. The van der Waals surface area contributed by atoms with Gasteiger partial charge in [0.1, 0.15) is 11.4 Å². The van der Waals surface area contributed by atoms with Crippen molar-refractivity contribution in [2.45, 2.75) is 71.0 Å². The third-order valence-corrected chi connectivity index (χ3v) is 9.96. The van der Waals surface area contributed by atoms with Crippen molar-refractivity contribution in [1.82, 2.24) is 0 Å². The Bertz CT molecular complexity index is 1160. The normalized spacial score (nSPS) is 36.0. The molecule has 0 amide bonds. The average molecular weight is 525 g/mol. The maximum Gasteiger partial charge on any atom is 0.510 e. The van der Waals surface area contributed by atoms with E-state index in [1.807, 2.05) is 37.3 Å². The van der Waals surface area contributed by atoms with Gasteiger partial charge < -0.3 is 19.3 Å². The lowest BCUT2D eigenvalue weighted by molar-refractivity contribution is -0.171. The molecular formula is C30H36O8. The zero-order valence-electron chi connectivity index (χ0n) is 22.1. The van der Waals surface area contributed by atoms with E-state index in [1.54, 1.807) is 6.08 Å². The van der Waals surface area contributed by atoms with E-state index in [-0.39, 0.29) is 61.0 Å². The largest absolute Gasteiger partial charge is 0.510 e. The number of allylic oxidation sites excluding steroid dienone is 1. The van der Waals surface area contributed by atoms with Gasteiger partial charge in [0.15, 0.2) is 19.2 Å². The molecule has 38 heavy (non-hydrogen) atoms. The standard InChI is InChI=1S/C30H36O8/c1-28-12-10-21(31)14-20(28)8-9-22-23-11-13-30(35,29(23,2)15-24(32)26(22)28)25(33)17-37-27(34)38-18-36-16-19-6-4-3-5-7-19/h3-7,14,22-23,26,35H,8-13,15-18H2,1-2H3/t22-,23-,26+,28-,29-,30-/m0/s1. The molecule has 4 aliphatic carbocycles. The van der Waals surface area contributed by atoms with Gasteiger partial charge in [0.25, 0.3) is 0 Å². The summed E-state index contributed by atoms with van der Waals surface area (Å²) >= 11 is 0. The molecule has 204 valence electrons. The molecule has 0 heterocycles. The number of fused-ring (bicyclic) bond motifs is 5. The molecule has 0 spiro atoms. The third-order valence-electron chi connectivity index (χ3n) is 9.96. The summed E-state index contributed by atoms with van der Waals surface area (Å²) in [6, 6.07) is 9.40. The molecule has 0 radical (unpaired) electrons. The molecule has 3 saturated carbocycles. The maximum absolute atomic E-state index is 13.7. The van der Waals surface area contributed by atoms with Crippen LogP contribution in [0.25, 0.3) is 0 Å². The second-order valence-electron chi connectivity index (χ2n) is 11.9. The van der Waals surface area contributed by atoms with Crippen molar-refractivity contribution in [3.8, 4) is 0 Å². The number of Topliss-reactive ketones (excluding diaryl/α,β-unsaturated/α-hetero) is 2. The fourth-order valence-electron chi connectivity index (χ4n) is 7.95. The van der Waals surface area contributed by atoms with Crippen LogP contribution < -0.4 is 0 Å². The van der Waals surface area contributed by atoms with Crippen molar-refractivity contribution < 1.29 is 38.5 Å². The van der Waals surface area contributed by atoms with E-state index in [1.165, 1.54) is 0 Å². The Balaban J connectivity index is 1.20. The van der Waals surface area contributed by atoms with Crippen molar-refractivity contribution in [3.05, 3.63) is 47.5 Å². The number of ether oxygens (including phenoxy) is 3. The van der Waals surface area contributed by atoms with Crippen LogP contribution in [0.3, 0.4) is 0 Å². The molecule has 0 saturated heterocycles. The summed E-state index contributed by atoms with van der Waals surface area (Å²) in [5.74, 6) is -0.582. The Labute approximate surface area is 222 Å². The Kier molecular flexibility index (Phi) is 7.07. The average Bonchev–Trinajstić information content (AvgIpc) is 3.17. The summed E-state index contributed by atoms with van der Waals surface area (Å²) < 4.78 is 15.2. The van der Waals surface area contributed by atoms with E-state index in [0.29, 0.717) is 19.3 Å². The number of rotatable bonds is 7. The maximum atomic E-state index is 13.7. The SMILES string of the molecule is C[C@]12CCC(=O)C=C1CC[C@@H]1[C@@H]2C(=O)C[C@@]2(C)[C@H]1CC[C@]2(O)C(=O)COC(=O)OCOCc1ccccc1. The monoisotopic (exact) mass is 524 g/mol. The van der Waals surface area contributed by atoms with E-state index < -0.39 is 29.6 Å². The molecule has 8 heteroatoms. The molecule has 4 aliphatic rings. The van der Waals surface area contributed by atoms with Gasteiger partial charge in [-0.25, -0.2) is 4.79 Å². The van der Waals surface area contributed by atoms with Gasteiger partial charge in [0.2, 0.25) is 5.78 Å². The molecule has 1 N–H and O–H groups in total. The zero-order chi connectivity index (χ0) is 27.1. The quantitative estimate of drug-likeness (QED) is 0.318. The first-order valence-corrected chi connectivity index (χ1v) is 13.5. The summed E-state index contributed by atoms with van der Waals surface area (Å²) in [5.41, 5.74) is -1.03. The second-order valence-corrected chi connectivity index (χ2v) is 11.9. The van der Waals surface area contributed by atoms with E-state index in [4.69, 9.17) is 14.2 Å². The lowest BCUT2D eigenvalue weighted by Gasteiger charge is -2.57. The molecular weight excluding hydrogens is 488 g/mol. The molecule has 0 bridgehead atoms. The summed E-state index contributed by atoms with van der Waals surface area (Å²) in [4.78, 5) is 51.0. The fraction of sp³-hybridized carbons (Fsp3) is 0.600. The zero-order valence-corrected chi connectivity index (χ0v) is 22.1. The number of hydrogen-bond acceptors (Lipinski definition) is 8. The van der Waals surface area contributed by atoms with Crippen LogP contribution >= 0.6 is 0 Å². The second kappa shape index (κ2) is 10.0. The summed E-state index contributed by atoms with van der Waals surface area (Å²) in [6.45, 7) is 3.24. The van der Waals surface area contributed by atoms with Crippen LogP contribution in [0.2, 0.25) is 0 Å². The van der Waals surface area contributed by atoms with Gasteiger partial charge in [-0.1, -0.05) is 49.8 Å². The van der Waals surface area contributed by atoms with Gasteiger partial charge in [-0.3, -0.25) is 14.4 Å². The summed E-state index contributed by atoms with van der Waals surface area (Å²) in [5, 5.41) is 11.7. The molecule has 3 fully saturated rings. The van der Waals surface area contributed by atoms with Gasteiger partial charge in [-0.2, -0.15) is 0 Å². The predicted octanol–water partition coefficient (Wildman–Crippen LogP) is 4.33. The molecule has 0 unspecified atom stereocenters. The van der Waals surface area contributed by atoms with Crippen LogP contribution in [-0.4, -0.2) is 47.6 Å². The Hall–Kier alpha value is -2.84. The Morgan fingerprint density at radius 2 is 1.79 bits per heavy atom. The number of hydrogen-bond donors (Lipinski definition) is 1. The first kappa shape index (κ1) is 26.8. The van der Waals surface area contributed by atoms with Crippen molar-refractivity contribution in [2.24, 2.45) is 28.6 Å². The minimum atomic E-state index is -1.76. The van der Waals surface area contributed by atoms with Crippen LogP contribution in [0.15, 0.2) is 42.0 Å². The van der Waals surface area contributed by atoms with E-state index in [0.717, 1.165) is 24.0 Å². The lowest BCUT2D eigenvalue weighted by Crippen LogP contribution is -2.61. The van der Waals surface area contributed by atoms with Crippen LogP contribution in [0.1, 0.15) is 64.4 Å². The predicted molar refractivity (Wildman–Crippen MR) is 136 cm³/mol. The van der Waals surface area contributed by atoms with Crippen LogP contribution in [0, 0.1) is 28.6 Å². The van der Waals surface area contributed by atoms with Gasteiger partial charge in [0.05, 0.1) is 6.61 Å². The van der Waals surface area contributed by atoms with E-state index >= 15 is 0 Å². The van der Waals surface area contributed by atoms with Gasteiger partial charge in [-0.05, 0) is 61.0 Å². The van der Waals surface area contributed by atoms with Crippen LogP contribution in [-0.2, 0) is 35.2 Å². The number of carbonyl (C=O) groups is 4. The highest BCUT2D eigenvalue weighted by Crippen LogP contribution is 2.66. The fourth-order valence-corrected chi connectivity index (χ4v) is 7.95. The summed E-state index contributed by atoms with van der Waals surface area (Å²) in [6.07, 6.45) is 4.28. The number of ketones is 3. The topological polar surface area (TPSA) is 116 Å². The Morgan fingerprint density at radius 3 is 2.55 bits per heavy atom.